The average Bonchev–Trinajstić information content (AvgIpc) is 3.71. The highest BCUT2D eigenvalue weighted by atomic mass is 79.9. The lowest BCUT2D eigenvalue weighted by molar-refractivity contribution is -0.142. The fraction of sp³-hybridized carbons (Fsp3) is 0.306. The van der Waals surface area contributed by atoms with Crippen LogP contribution in [-0.2, 0) is 47.5 Å². The van der Waals surface area contributed by atoms with E-state index in [0.29, 0.717) is 0 Å². The Morgan fingerprint density at radius 3 is 0.772 bits per heavy atom. The first-order valence-electron chi connectivity index (χ1n) is 22.6. The van der Waals surface area contributed by atoms with Crippen LogP contribution < -0.4 is 31.1 Å². The molecule has 4 heterocycles. The van der Waals surface area contributed by atoms with Crippen molar-refractivity contribution in [2.45, 2.75) is 85.0 Å². The molecular formula is C49H48Br6N6O18. The number of carbonyl (C=O) groups excluding carboxylic acids is 6. The van der Waals surface area contributed by atoms with Gasteiger partial charge in [-0.05, 0) is 95.6 Å². The standard InChI is InChI=1S/C49H48Br6N6O18/c1-46(2)72-12-20(24(62)16-76-46)56-42(68)30-34(50)31(43(69)57-21-13-73-47(3,4)77-17-25(21)63)37(53)40(36(30)52)60(9)28(66)11-29(67)61(10)41-38(54)32(44(70)58-22-14-74-48(5,6)78-18-26(22)64)35(51)33(39(41)55)45(71)59-23-15-75-49(7,8)79-19-27(23)65/h12-19,62-65H,11H2,1-10H3,(H,56,68)(H,57,69)(H,58,70)(H,59,71). The quantitative estimate of drug-likeness (QED) is 0.0916. The highest BCUT2D eigenvalue weighted by Crippen LogP contribution is 2.47. The van der Waals surface area contributed by atoms with Gasteiger partial charge in [0.15, 0.2) is 23.0 Å². The van der Waals surface area contributed by atoms with Crippen LogP contribution in [0.3, 0.4) is 0 Å². The third kappa shape index (κ3) is 14.0. The number of ether oxygens (including phenoxy) is 8. The van der Waals surface area contributed by atoms with Gasteiger partial charge in [-0.2, -0.15) is 0 Å². The first-order chi connectivity index (χ1) is 36.6. The number of aliphatic hydroxyl groups is 4. The molecule has 0 unspecified atom stereocenters. The number of hydrogen-bond acceptors (Lipinski definition) is 18. The van der Waals surface area contributed by atoms with Crippen LogP contribution in [0.4, 0.5) is 11.4 Å². The molecule has 0 atom stereocenters. The Morgan fingerprint density at radius 2 is 0.570 bits per heavy atom. The molecule has 0 aliphatic carbocycles. The molecule has 0 spiro atoms. The summed E-state index contributed by atoms with van der Waals surface area (Å²) in [4.78, 5) is 88.5. The monoisotopic (exact) mass is 1480 g/mol. The number of halogens is 6. The summed E-state index contributed by atoms with van der Waals surface area (Å²) >= 11 is 20.4. The van der Waals surface area contributed by atoms with Crippen molar-refractivity contribution in [1.82, 2.24) is 21.3 Å². The molecule has 0 saturated carbocycles. The molecule has 24 nitrogen and oxygen atoms in total. The number of amides is 6. The summed E-state index contributed by atoms with van der Waals surface area (Å²) < 4.78 is 42.8. The number of nitrogens with one attached hydrogen (secondary N) is 4. The highest BCUT2D eigenvalue weighted by Gasteiger charge is 2.37. The Kier molecular flexibility index (Phi) is 18.6. The van der Waals surface area contributed by atoms with E-state index >= 15 is 0 Å². The van der Waals surface area contributed by atoms with Crippen molar-refractivity contribution in [1.29, 1.82) is 0 Å². The van der Waals surface area contributed by atoms with E-state index in [0.717, 1.165) is 59.9 Å². The first kappa shape index (κ1) is 61.9. The van der Waals surface area contributed by atoms with Crippen LogP contribution in [0, 0.1) is 0 Å². The summed E-state index contributed by atoms with van der Waals surface area (Å²) in [5, 5.41) is 53.1. The maximum Gasteiger partial charge on any atom is 0.258 e. The predicted molar refractivity (Wildman–Crippen MR) is 301 cm³/mol. The zero-order valence-corrected chi connectivity index (χ0v) is 52.5. The zero-order chi connectivity index (χ0) is 59.0. The Hall–Kier alpha value is -6.34. The molecule has 0 fully saturated rings. The van der Waals surface area contributed by atoms with Gasteiger partial charge in [-0.25, -0.2) is 0 Å². The van der Waals surface area contributed by atoms with Crippen molar-refractivity contribution in [3.05, 3.63) is 145 Å². The van der Waals surface area contributed by atoms with E-state index in [4.69, 9.17) is 37.9 Å². The lowest BCUT2D eigenvalue weighted by Gasteiger charge is -2.27. The molecule has 2 aromatic carbocycles. The number of carbonyl (C=O) groups is 6. The molecular weight excluding hydrogens is 1440 g/mol. The van der Waals surface area contributed by atoms with Crippen molar-refractivity contribution in [3.63, 3.8) is 0 Å². The number of anilines is 2. The molecule has 6 amide bonds. The van der Waals surface area contributed by atoms with Crippen LogP contribution >= 0.6 is 95.6 Å². The molecule has 6 rings (SSSR count). The second kappa shape index (κ2) is 23.8. The minimum absolute atomic E-state index is 0.151. The van der Waals surface area contributed by atoms with E-state index in [1.165, 1.54) is 69.5 Å². The zero-order valence-electron chi connectivity index (χ0n) is 43.0. The number of benzene rings is 2. The summed E-state index contributed by atoms with van der Waals surface area (Å²) in [6, 6.07) is 0. The molecule has 2 aromatic rings. The Bertz CT molecular complexity index is 2840. The van der Waals surface area contributed by atoms with E-state index < -0.39 is 88.0 Å². The van der Waals surface area contributed by atoms with Crippen molar-refractivity contribution in [2.24, 2.45) is 0 Å². The first-order valence-corrected chi connectivity index (χ1v) is 27.3. The van der Waals surface area contributed by atoms with Gasteiger partial charge in [0.2, 0.25) is 35.0 Å². The molecule has 8 N–H and O–H groups in total. The van der Waals surface area contributed by atoms with E-state index in [2.05, 4.69) is 117 Å². The molecule has 0 saturated heterocycles. The number of nitrogens with zero attached hydrogens (tertiary/aromatic N) is 2. The van der Waals surface area contributed by atoms with Gasteiger partial charge in [0.1, 0.15) is 79.3 Å². The molecule has 79 heavy (non-hydrogen) atoms. The largest absolute Gasteiger partial charge is 0.503 e. The van der Waals surface area contributed by atoms with Gasteiger partial charge in [0.05, 0.1) is 51.5 Å². The van der Waals surface area contributed by atoms with E-state index in [-0.39, 0.29) is 83.3 Å². The highest BCUT2D eigenvalue weighted by molar-refractivity contribution is 9.12. The van der Waals surface area contributed by atoms with Gasteiger partial charge in [0, 0.05) is 78.4 Å². The number of hydrogen-bond donors (Lipinski definition) is 8. The molecule has 0 radical (unpaired) electrons. The molecule has 4 aliphatic heterocycles. The van der Waals surface area contributed by atoms with Crippen LogP contribution in [0.15, 0.2) is 123 Å². The van der Waals surface area contributed by atoms with Gasteiger partial charge in [0.25, 0.3) is 23.6 Å². The Morgan fingerprint density at radius 1 is 0.380 bits per heavy atom. The van der Waals surface area contributed by atoms with Crippen molar-refractivity contribution < 1.29 is 87.1 Å². The molecule has 30 heteroatoms. The normalized spacial score (nSPS) is 17.7. The topological polar surface area (TPSA) is 312 Å². The molecule has 424 valence electrons. The number of aliphatic hydroxyl groups excluding tert-OH is 4. The molecule has 0 aromatic heterocycles. The van der Waals surface area contributed by atoms with E-state index in [9.17, 15) is 49.2 Å². The van der Waals surface area contributed by atoms with Gasteiger partial charge in [-0.3, -0.25) is 28.8 Å². The van der Waals surface area contributed by atoms with Crippen molar-refractivity contribution >= 4 is 142 Å². The van der Waals surface area contributed by atoms with Gasteiger partial charge < -0.3 is 89.4 Å². The maximum absolute atomic E-state index is 14.6. The third-order valence-corrected chi connectivity index (χ3v) is 15.6. The minimum atomic E-state index is -1.27. The van der Waals surface area contributed by atoms with Gasteiger partial charge >= 0.3 is 0 Å². The summed E-state index contributed by atoms with van der Waals surface area (Å²) in [7, 11) is 2.45. The second-order valence-electron chi connectivity index (χ2n) is 18.7. The number of rotatable bonds is 12. The molecule has 0 bridgehead atoms. The Balaban J connectivity index is 1.42. The van der Waals surface area contributed by atoms with Crippen LogP contribution in [0.2, 0.25) is 0 Å². The van der Waals surface area contributed by atoms with Crippen molar-refractivity contribution in [2.75, 3.05) is 23.9 Å². The maximum atomic E-state index is 14.6. The lowest BCUT2D eigenvalue weighted by atomic mass is 10.1. The van der Waals surface area contributed by atoms with Crippen LogP contribution in [-0.4, -0.2) is 93.1 Å². The fourth-order valence-corrected chi connectivity index (χ4v) is 13.1. The van der Waals surface area contributed by atoms with Crippen molar-refractivity contribution in [3.8, 4) is 0 Å². The van der Waals surface area contributed by atoms with Crippen LogP contribution in [0.25, 0.3) is 0 Å². The second-order valence-corrected chi connectivity index (χ2v) is 23.4. The van der Waals surface area contributed by atoms with E-state index in [1.54, 1.807) is 0 Å². The van der Waals surface area contributed by atoms with Crippen LogP contribution in [0.1, 0.15) is 103 Å². The summed E-state index contributed by atoms with van der Waals surface area (Å²) in [5.74, 6) is -13.2. The molecule has 4 aliphatic rings. The summed E-state index contributed by atoms with van der Waals surface area (Å²) in [6.45, 7) is 12.3. The van der Waals surface area contributed by atoms with E-state index in [1.807, 2.05) is 0 Å². The van der Waals surface area contributed by atoms with Crippen LogP contribution in [0.5, 0.6) is 0 Å². The summed E-state index contributed by atoms with van der Waals surface area (Å²) in [6.07, 6.45) is 6.88. The third-order valence-electron chi connectivity index (χ3n) is 11.0. The van der Waals surface area contributed by atoms with Gasteiger partial charge in [-0.15, -0.1) is 0 Å². The minimum Gasteiger partial charge on any atom is -0.503 e. The fourth-order valence-electron chi connectivity index (χ4n) is 6.62. The average molecular weight is 1490 g/mol. The smallest absolute Gasteiger partial charge is 0.258 e. The SMILES string of the molecule is CN(C(=O)CC(=O)N(C)c1c(Br)c(C(=O)NC2=COC(C)(C)OC=C2O)c(Br)c(C(=O)NC2=COC(C)(C)OC=C2O)c1Br)c1c(Br)c(C(=O)NC2=COC(C)(C)OC=C2O)c(Br)c(C(=O)NC2=COC(C)(C)OC=C2O)c1Br. The van der Waals surface area contributed by atoms with Gasteiger partial charge in [-0.1, -0.05) is 0 Å². The lowest BCUT2D eigenvalue weighted by Crippen LogP contribution is -2.36. The Labute approximate surface area is 500 Å². The summed E-state index contributed by atoms with van der Waals surface area (Å²) in [5.41, 5.74) is -2.93. The predicted octanol–water partition coefficient (Wildman–Crippen LogP) is 10.3.